The summed E-state index contributed by atoms with van der Waals surface area (Å²) in [5, 5.41) is 0. The van der Waals surface area contributed by atoms with Gasteiger partial charge in [-0.2, -0.15) is 0 Å². The van der Waals surface area contributed by atoms with Crippen LogP contribution in [-0.4, -0.2) is 8.42 Å². The van der Waals surface area contributed by atoms with E-state index in [0.717, 1.165) is 16.7 Å². The van der Waals surface area contributed by atoms with Gasteiger partial charge in [0.15, 0.2) is 0 Å². The second-order valence-electron chi connectivity index (χ2n) is 5.40. The first-order chi connectivity index (χ1) is 9.70. The monoisotopic (exact) mass is 304 g/mol. The number of nitrogen functional groups attached to an aromatic ring is 1. The van der Waals surface area contributed by atoms with Crippen LogP contribution < -0.4 is 10.5 Å². The maximum atomic E-state index is 12.6. The fraction of sp³-hybridized carbons (Fsp3) is 0.250. The van der Waals surface area contributed by atoms with Gasteiger partial charge in [0, 0.05) is 5.69 Å². The van der Waals surface area contributed by atoms with Crippen molar-refractivity contribution in [3.63, 3.8) is 0 Å². The van der Waals surface area contributed by atoms with Gasteiger partial charge in [-0.3, -0.25) is 4.72 Å². The first kappa shape index (κ1) is 15.4. The van der Waals surface area contributed by atoms with E-state index in [1.807, 2.05) is 32.9 Å². The minimum absolute atomic E-state index is 0.222. The van der Waals surface area contributed by atoms with Crippen LogP contribution in [0.15, 0.2) is 35.2 Å². The molecular weight excluding hydrogens is 284 g/mol. The van der Waals surface area contributed by atoms with E-state index in [1.165, 1.54) is 0 Å². The van der Waals surface area contributed by atoms with E-state index in [9.17, 15) is 8.42 Å². The fourth-order valence-electron chi connectivity index (χ4n) is 2.26. The second kappa shape index (κ2) is 5.41. The highest BCUT2D eigenvalue weighted by molar-refractivity contribution is 7.92. The van der Waals surface area contributed by atoms with Crippen molar-refractivity contribution in [2.24, 2.45) is 0 Å². The molecule has 0 heterocycles. The Hall–Kier alpha value is -2.01. The van der Waals surface area contributed by atoms with Gasteiger partial charge < -0.3 is 5.73 Å². The Bertz CT molecular complexity index is 796. The molecule has 0 amide bonds. The third-order valence-electron chi connectivity index (χ3n) is 3.46. The summed E-state index contributed by atoms with van der Waals surface area (Å²) in [6.07, 6.45) is 0. The van der Waals surface area contributed by atoms with E-state index >= 15 is 0 Å². The van der Waals surface area contributed by atoms with Crippen LogP contribution in [0.4, 0.5) is 11.4 Å². The molecule has 0 aliphatic rings. The predicted molar refractivity (Wildman–Crippen MR) is 87.1 cm³/mol. The number of nitrogens with two attached hydrogens (primary N) is 1. The van der Waals surface area contributed by atoms with Crippen LogP contribution in [0, 0.1) is 27.7 Å². The van der Waals surface area contributed by atoms with Gasteiger partial charge in [-0.15, -0.1) is 0 Å². The lowest BCUT2D eigenvalue weighted by Gasteiger charge is -2.14. The van der Waals surface area contributed by atoms with Crippen molar-refractivity contribution in [3.05, 3.63) is 52.6 Å². The third kappa shape index (κ3) is 3.19. The Morgan fingerprint density at radius 2 is 1.62 bits per heavy atom. The molecule has 0 aliphatic carbocycles. The van der Waals surface area contributed by atoms with Gasteiger partial charge in [0.1, 0.15) is 0 Å². The smallest absolute Gasteiger partial charge is 0.262 e. The molecule has 0 bridgehead atoms. The molecule has 2 aromatic carbocycles. The van der Waals surface area contributed by atoms with Crippen molar-refractivity contribution < 1.29 is 8.42 Å². The summed E-state index contributed by atoms with van der Waals surface area (Å²) in [5.74, 6) is 0. The van der Waals surface area contributed by atoms with Crippen LogP contribution in [0.1, 0.15) is 22.3 Å². The number of sulfonamides is 1. The molecule has 0 aliphatic heterocycles. The molecule has 0 saturated carbocycles. The van der Waals surface area contributed by atoms with E-state index in [2.05, 4.69) is 4.72 Å². The van der Waals surface area contributed by atoms with Gasteiger partial charge in [-0.1, -0.05) is 17.7 Å². The van der Waals surface area contributed by atoms with E-state index in [1.54, 1.807) is 25.1 Å². The molecule has 5 heteroatoms. The first-order valence-corrected chi connectivity index (χ1v) is 8.16. The summed E-state index contributed by atoms with van der Waals surface area (Å²) in [4.78, 5) is 0.222. The molecule has 2 aromatic rings. The summed E-state index contributed by atoms with van der Waals surface area (Å²) in [6, 6.07) is 9.00. The number of hydrogen-bond donors (Lipinski definition) is 2. The van der Waals surface area contributed by atoms with Crippen molar-refractivity contribution in [2.45, 2.75) is 32.6 Å². The summed E-state index contributed by atoms with van der Waals surface area (Å²) < 4.78 is 27.8. The number of anilines is 2. The van der Waals surface area contributed by atoms with Crippen LogP contribution in [0.3, 0.4) is 0 Å². The van der Waals surface area contributed by atoms with Crippen molar-refractivity contribution in [1.29, 1.82) is 0 Å². The van der Waals surface area contributed by atoms with Crippen LogP contribution in [0.25, 0.3) is 0 Å². The molecular formula is C16H20N2O2S. The van der Waals surface area contributed by atoms with Crippen LogP contribution in [0.2, 0.25) is 0 Å². The van der Waals surface area contributed by atoms with Crippen molar-refractivity contribution in [3.8, 4) is 0 Å². The molecule has 3 N–H and O–H groups in total. The summed E-state index contributed by atoms with van der Waals surface area (Å²) in [5.41, 5.74) is 10.3. The lowest BCUT2D eigenvalue weighted by molar-refractivity contribution is 0.600. The predicted octanol–water partition coefficient (Wildman–Crippen LogP) is 3.30. The number of aryl methyl sites for hydroxylation is 3. The Balaban J connectivity index is 2.48. The van der Waals surface area contributed by atoms with Crippen molar-refractivity contribution in [1.82, 2.24) is 0 Å². The molecule has 0 unspecified atom stereocenters. The molecule has 0 saturated heterocycles. The zero-order chi connectivity index (χ0) is 15.8. The Kier molecular flexibility index (Phi) is 3.96. The molecule has 0 spiro atoms. The van der Waals surface area contributed by atoms with E-state index in [-0.39, 0.29) is 4.90 Å². The Morgan fingerprint density at radius 3 is 2.24 bits per heavy atom. The Labute approximate surface area is 126 Å². The number of benzene rings is 2. The van der Waals surface area contributed by atoms with E-state index < -0.39 is 10.0 Å². The van der Waals surface area contributed by atoms with Gasteiger partial charge in [-0.05, 0) is 62.6 Å². The standard InChI is InChI=1S/C16H20N2O2S/c1-10-5-6-15(12(3)7-10)18-21(19,20)16-9-11(2)8-14(17)13(16)4/h5-9,18H,17H2,1-4H3. The average Bonchev–Trinajstić information content (AvgIpc) is 2.37. The molecule has 2 rings (SSSR count). The van der Waals surface area contributed by atoms with Crippen LogP contribution in [-0.2, 0) is 10.0 Å². The fourth-order valence-corrected chi connectivity index (χ4v) is 3.75. The summed E-state index contributed by atoms with van der Waals surface area (Å²) >= 11 is 0. The zero-order valence-corrected chi connectivity index (χ0v) is 13.5. The first-order valence-electron chi connectivity index (χ1n) is 6.67. The van der Waals surface area contributed by atoms with Gasteiger partial charge in [0.2, 0.25) is 0 Å². The summed E-state index contributed by atoms with van der Waals surface area (Å²) in [7, 11) is -3.65. The lowest BCUT2D eigenvalue weighted by Crippen LogP contribution is -2.16. The maximum absolute atomic E-state index is 12.6. The maximum Gasteiger partial charge on any atom is 0.262 e. The number of rotatable bonds is 3. The number of hydrogen-bond acceptors (Lipinski definition) is 3. The average molecular weight is 304 g/mol. The molecule has 21 heavy (non-hydrogen) atoms. The van der Waals surface area contributed by atoms with Crippen molar-refractivity contribution in [2.75, 3.05) is 10.5 Å². The molecule has 0 fully saturated rings. The minimum Gasteiger partial charge on any atom is -0.398 e. The highest BCUT2D eigenvalue weighted by Crippen LogP contribution is 2.26. The van der Waals surface area contributed by atoms with Crippen LogP contribution in [0.5, 0.6) is 0 Å². The molecule has 0 aromatic heterocycles. The highest BCUT2D eigenvalue weighted by atomic mass is 32.2. The van der Waals surface area contributed by atoms with E-state index in [0.29, 0.717) is 16.9 Å². The zero-order valence-electron chi connectivity index (χ0n) is 12.7. The largest absolute Gasteiger partial charge is 0.398 e. The molecule has 112 valence electrons. The lowest BCUT2D eigenvalue weighted by atomic mass is 10.1. The quantitative estimate of drug-likeness (QED) is 0.855. The SMILES string of the molecule is Cc1ccc(NS(=O)(=O)c2cc(C)cc(N)c2C)c(C)c1. The summed E-state index contributed by atoms with van der Waals surface area (Å²) in [6.45, 7) is 7.39. The Morgan fingerprint density at radius 1 is 0.952 bits per heavy atom. The van der Waals surface area contributed by atoms with E-state index in [4.69, 9.17) is 5.73 Å². The normalized spacial score (nSPS) is 11.4. The minimum atomic E-state index is -3.65. The van der Waals surface area contributed by atoms with Crippen molar-refractivity contribution >= 4 is 21.4 Å². The molecule has 4 nitrogen and oxygen atoms in total. The molecule has 0 radical (unpaired) electrons. The van der Waals surface area contributed by atoms with Gasteiger partial charge >= 0.3 is 0 Å². The third-order valence-corrected chi connectivity index (χ3v) is 4.95. The topological polar surface area (TPSA) is 72.2 Å². The molecule has 0 atom stereocenters. The highest BCUT2D eigenvalue weighted by Gasteiger charge is 2.19. The number of nitrogens with one attached hydrogen (secondary N) is 1. The second-order valence-corrected chi connectivity index (χ2v) is 7.05. The van der Waals surface area contributed by atoms with Gasteiger partial charge in [0.25, 0.3) is 10.0 Å². The van der Waals surface area contributed by atoms with Crippen LogP contribution >= 0.6 is 0 Å². The van der Waals surface area contributed by atoms with Gasteiger partial charge in [-0.25, -0.2) is 8.42 Å². The van der Waals surface area contributed by atoms with Gasteiger partial charge in [0.05, 0.1) is 10.6 Å².